The van der Waals surface area contributed by atoms with Crippen LogP contribution < -0.4 is 20.4 Å². The Bertz CT molecular complexity index is 2520. The van der Waals surface area contributed by atoms with E-state index in [1.165, 1.54) is 12.1 Å². The van der Waals surface area contributed by atoms with Crippen molar-refractivity contribution in [1.82, 2.24) is 40.1 Å². The Morgan fingerprint density at radius 1 is 1.02 bits per heavy atom. The Labute approximate surface area is 331 Å². The molecule has 17 heteroatoms. The van der Waals surface area contributed by atoms with Crippen LogP contribution in [0.25, 0.3) is 22.3 Å². The molecular weight excluding hydrogens is 749 g/mol. The van der Waals surface area contributed by atoms with Gasteiger partial charge in [0, 0.05) is 87.2 Å². The molecule has 3 aromatic heterocycles. The standard InChI is InChI=1S/C41H41F2N11O4/c1-23-29-13-24(18-50-9-11-51(12-10-50)26-6-5-25-19-52(40(58)30(25)14-26)33-7-8-35(55)46-39(33)57)17-44-38(29)54(49-23)27-16-41(21-42)22-45-37-34(53(41)20-27)15-32(47-48-37)28-3-2-4-31(43)36(28)56/h2-6,13-15,17,27,33,56H,7-12,16,18-22H2,1H3,(H,45,48)(H,46,55,57)/t27-,33+,41+/m1/s1. The summed E-state index contributed by atoms with van der Waals surface area (Å²) in [5.74, 6) is -1.67. The largest absolute Gasteiger partial charge is 0.504 e. The minimum atomic E-state index is -0.873. The lowest BCUT2D eigenvalue weighted by Gasteiger charge is -2.42. The van der Waals surface area contributed by atoms with Crippen molar-refractivity contribution >= 4 is 45.9 Å². The predicted molar refractivity (Wildman–Crippen MR) is 210 cm³/mol. The van der Waals surface area contributed by atoms with Gasteiger partial charge >= 0.3 is 0 Å². The number of rotatable bonds is 7. The lowest BCUT2D eigenvalue weighted by molar-refractivity contribution is -0.136. The number of imide groups is 1. The molecule has 10 rings (SSSR count). The Kier molecular flexibility index (Phi) is 8.54. The zero-order valence-corrected chi connectivity index (χ0v) is 31.8. The number of nitrogens with zero attached hydrogens (tertiary/aromatic N) is 9. The fourth-order valence-corrected chi connectivity index (χ4v) is 9.41. The van der Waals surface area contributed by atoms with Crippen LogP contribution in [0.15, 0.2) is 54.7 Å². The number of piperazine rings is 1. The molecule has 3 atom stereocenters. The van der Waals surface area contributed by atoms with Gasteiger partial charge in [-0.1, -0.05) is 12.1 Å². The maximum Gasteiger partial charge on any atom is 0.255 e. The number of amides is 3. The van der Waals surface area contributed by atoms with Crippen LogP contribution >= 0.6 is 0 Å². The number of aromatic nitrogens is 5. The summed E-state index contributed by atoms with van der Waals surface area (Å²) >= 11 is 0. The van der Waals surface area contributed by atoms with Crippen LogP contribution in [0.4, 0.5) is 26.0 Å². The molecule has 3 amide bonds. The van der Waals surface area contributed by atoms with Gasteiger partial charge in [-0.15, -0.1) is 10.2 Å². The summed E-state index contributed by atoms with van der Waals surface area (Å²) in [6, 6.07) is 13.2. The van der Waals surface area contributed by atoms with Gasteiger partial charge in [0.1, 0.15) is 12.7 Å². The third-order valence-corrected chi connectivity index (χ3v) is 12.5. The molecule has 0 saturated carbocycles. The van der Waals surface area contributed by atoms with Crippen molar-refractivity contribution in [3.63, 3.8) is 0 Å². The molecule has 5 aliphatic rings. The lowest BCUT2D eigenvalue weighted by Crippen LogP contribution is -2.54. The van der Waals surface area contributed by atoms with Gasteiger partial charge in [0.05, 0.1) is 28.7 Å². The number of hydrogen-bond donors (Lipinski definition) is 3. The van der Waals surface area contributed by atoms with E-state index >= 15 is 4.39 Å². The lowest BCUT2D eigenvalue weighted by atomic mass is 9.94. The zero-order chi connectivity index (χ0) is 39.9. The minimum Gasteiger partial charge on any atom is -0.504 e. The normalized spacial score (nSPS) is 23.2. The summed E-state index contributed by atoms with van der Waals surface area (Å²) in [5, 5.41) is 30.4. The number of alkyl halides is 1. The first-order valence-electron chi connectivity index (χ1n) is 19.6. The molecule has 0 bridgehead atoms. The second-order valence-corrected chi connectivity index (χ2v) is 16.0. The Balaban J connectivity index is 0.818. The van der Waals surface area contributed by atoms with E-state index in [0.717, 1.165) is 59.7 Å². The molecule has 0 aliphatic carbocycles. The molecule has 0 radical (unpaired) electrons. The van der Waals surface area contributed by atoms with Gasteiger partial charge in [-0.2, -0.15) is 5.10 Å². The van der Waals surface area contributed by atoms with Crippen LogP contribution in [0, 0.1) is 12.7 Å². The fraction of sp³-hybridized carbons (Fsp3) is 0.390. The fourth-order valence-electron chi connectivity index (χ4n) is 9.41. The van der Waals surface area contributed by atoms with E-state index < -0.39 is 35.7 Å². The highest BCUT2D eigenvalue weighted by Crippen LogP contribution is 2.47. The number of nitrogens with one attached hydrogen (secondary N) is 2. The van der Waals surface area contributed by atoms with E-state index in [-0.39, 0.29) is 35.5 Å². The molecule has 3 fully saturated rings. The Hall–Kier alpha value is -6.23. The third-order valence-electron chi connectivity index (χ3n) is 12.5. The highest BCUT2D eigenvalue weighted by atomic mass is 19.1. The molecule has 0 unspecified atom stereocenters. The van der Waals surface area contributed by atoms with E-state index in [1.54, 1.807) is 17.0 Å². The summed E-state index contributed by atoms with van der Waals surface area (Å²) in [7, 11) is 0. The van der Waals surface area contributed by atoms with Crippen molar-refractivity contribution in [2.75, 3.05) is 61.1 Å². The molecular formula is C41H41F2N11O4. The average Bonchev–Trinajstić information content (AvgIpc) is 3.90. The summed E-state index contributed by atoms with van der Waals surface area (Å²) in [5.41, 5.74) is 5.35. The smallest absolute Gasteiger partial charge is 0.255 e. The molecule has 0 spiro atoms. The number of carbonyl (C=O) groups is 3. The van der Waals surface area contributed by atoms with Gasteiger partial charge in [-0.05, 0) is 67.3 Å². The molecule has 5 aliphatic heterocycles. The maximum atomic E-state index is 15.1. The molecule has 2 aromatic carbocycles. The SMILES string of the molecule is Cc1nn([C@H]2CN3c4cc(-c5cccc(F)c5O)nnc4NC[C@@]3(CF)C2)c2ncc(CN3CCN(c4ccc5c(c4)C(=O)N([C@H]4CCC(=O)NC4=O)C5)CC3)cc12. The van der Waals surface area contributed by atoms with Crippen LogP contribution in [-0.2, 0) is 22.7 Å². The molecule has 5 aromatic rings. The van der Waals surface area contributed by atoms with E-state index in [1.807, 2.05) is 40.9 Å². The molecule has 58 heavy (non-hydrogen) atoms. The van der Waals surface area contributed by atoms with E-state index in [4.69, 9.17) is 10.1 Å². The number of hydrogen-bond acceptors (Lipinski definition) is 12. The number of aryl methyl sites for hydroxylation is 1. The molecule has 15 nitrogen and oxygen atoms in total. The number of halogens is 2. The van der Waals surface area contributed by atoms with E-state index in [9.17, 15) is 23.9 Å². The Morgan fingerprint density at radius 3 is 2.67 bits per heavy atom. The summed E-state index contributed by atoms with van der Waals surface area (Å²) in [4.78, 5) is 50.7. The number of aromatic hydroxyl groups is 1. The minimum absolute atomic E-state index is 0.174. The molecule has 298 valence electrons. The molecule has 8 heterocycles. The van der Waals surface area contributed by atoms with Crippen molar-refractivity contribution in [2.45, 2.75) is 56.9 Å². The van der Waals surface area contributed by atoms with Crippen LogP contribution in [0.3, 0.4) is 0 Å². The quantitative estimate of drug-likeness (QED) is 0.205. The zero-order valence-electron chi connectivity index (χ0n) is 31.8. The van der Waals surface area contributed by atoms with Gasteiger partial charge in [0.25, 0.3) is 5.91 Å². The monoisotopic (exact) mass is 789 g/mol. The number of phenolic OH excluding ortho intramolecular Hbond substituents is 1. The second-order valence-electron chi connectivity index (χ2n) is 16.0. The van der Waals surface area contributed by atoms with Crippen LogP contribution in [0.1, 0.15) is 52.5 Å². The first-order chi connectivity index (χ1) is 28.1. The summed E-state index contributed by atoms with van der Waals surface area (Å²) < 4.78 is 31.3. The third kappa shape index (κ3) is 5.89. The maximum absolute atomic E-state index is 15.1. The van der Waals surface area contributed by atoms with Gasteiger partial charge in [-0.25, -0.2) is 18.4 Å². The van der Waals surface area contributed by atoms with Crippen molar-refractivity contribution in [3.05, 3.63) is 82.9 Å². The average molecular weight is 790 g/mol. The number of pyridine rings is 1. The highest BCUT2D eigenvalue weighted by Gasteiger charge is 2.50. The number of anilines is 3. The van der Waals surface area contributed by atoms with Gasteiger partial charge in [-0.3, -0.25) is 24.6 Å². The van der Waals surface area contributed by atoms with Gasteiger partial charge < -0.3 is 25.1 Å². The topological polar surface area (TPSA) is 165 Å². The number of benzene rings is 2. The van der Waals surface area contributed by atoms with E-state index in [2.05, 4.69) is 36.7 Å². The van der Waals surface area contributed by atoms with Crippen molar-refractivity contribution < 1.29 is 28.3 Å². The van der Waals surface area contributed by atoms with Gasteiger partial charge in [0.2, 0.25) is 11.8 Å². The van der Waals surface area contributed by atoms with Gasteiger partial charge in [0.15, 0.2) is 23.0 Å². The van der Waals surface area contributed by atoms with E-state index in [0.29, 0.717) is 56.1 Å². The van der Waals surface area contributed by atoms with Crippen molar-refractivity contribution in [2.24, 2.45) is 0 Å². The number of phenols is 1. The van der Waals surface area contributed by atoms with Crippen molar-refractivity contribution in [1.29, 1.82) is 0 Å². The highest BCUT2D eigenvalue weighted by molar-refractivity contribution is 6.05. The van der Waals surface area contributed by atoms with Crippen LogP contribution in [0.5, 0.6) is 5.75 Å². The van der Waals surface area contributed by atoms with Crippen LogP contribution in [0.2, 0.25) is 0 Å². The molecule has 3 N–H and O–H groups in total. The van der Waals surface area contributed by atoms with Crippen molar-refractivity contribution in [3.8, 4) is 17.0 Å². The first kappa shape index (κ1) is 36.1. The van der Waals surface area contributed by atoms with Crippen LogP contribution in [-0.4, -0.2) is 115 Å². The molecule has 3 saturated heterocycles. The first-order valence-corrected chi connectivity index (χ1v) is 19.6. The number of fused-ring (bicyclic) bond motifs is 5. The predicted octanol–water partition coefficient (Wildman–Crippen LogP) is 3.71. The second kappa shape index (κ2) is 13.7. The number of piperidine rings is 1. The number of para-hydroxylation sites is 1. The number of carbonyl (C=O) groups excluding carboxylic acids is 3. The Morgan fingerprint density at radius 2 is 1.86 bits per heavy atom. The summed E-state index contributed by atoms with van der Waals surface area (Å²) in [6.45, 7) is 6.36. The summed E-state index contributed by atoms with van der Waals surface area (Å²) in [6.07, 6.45) is 2.93.